The molecular weight excluding hydrogens is 386 g/mol. The van der Waals surface area contributed by atoms with Gasteiger partial charge in [0, 0.05) is 43.3 Å². The molecule has 0 spiro atoms. The first kappa shape index (κ1) is 19.2. The lowest BCUT2D eigenvalue weighted by Gasteiger charge is -2.35. The average Bonchev–Trinajstić information content (AvgIpc) is 2.84. The van der Waals surface area contributed by atoms with Gasteiger partial charge in [0.15, 0.2) is 0 Å². The van der Waals surface area contributed by atoms with Crippen LogP contribution in [0.15, 0.2) is 72.9 Å². The largest absolute Gasteiger partial charge is 0.353 e. The van der Waals surface area contributed by atoms with Gasteiger partial charge in [-0.25, -0.2) is 4.98 Å². The first-order chi connectivity index (χ1) is 15.2. The maximum Gasteiger partial charge on any atom is 0.256 e. The molecule has 6 heteroatoms. The summed E-state index contributed by atoms with van der Waals surface area (Å²) < 4.78 is 0. The number of carbonyl (C=O) groups excluding carboxylic acids is 1. The Kier molecular flexibility index (Phi) is 5.04. The van der Waals surface area contributed by atoms with Crippen molar-refractivity contribution in [3.63, 3.8) is 0 Å². The quantitative estimate of drug-likeness (QED) is 0.513. The number of fused-ring (bicyclic) bond motifs is 1. The van der Waals surface area contributed by atoms with Gasteiger partial charge >= 0.3 is 0 Å². The standard InChI is InChI=1S/C25H23N5O/c1-18-9-11-19(12-10-18)24-23(20-6-2-3-7-21(20)27-28-24)25(31)30-16-14-29(15-17-30)22-8-4-5-13-26-22/h2-13H,14-17H2,1H3. The molecule has 6 nitrogen and oxygen atoms in total. The highest BCUT2D eigenvalue weighted by molar-refractivity contribution is 6.10. The summed E-state index contributed by atoms with van der Waals surface area (Å²) in [4.78, 5) is 22.3. The molecule has 0 atom stereocenters. The fraction of sp³-hybridized carbons (Fsp3) is 0.200. The van der Waals surface area contributed by atoms with Crippen molar-refractivity contribution in [2.75, 3.05) is 31.1 Å². The maximum atomic E-state index is 13.7. The fourth-order valence-electron chi connectivity index (χ4n) is 4.02. The number of anilines is 1. The third kappa shape index (κ3) is 3.72. The zero-order valence-corrected chi connectivity index (χ0v) is 17.4. The Balaban J connectivity index is 1.49. The molecule has 1 amide bonds. The second-order valence-corrected chi connectivity index (χ2v) is 7.77. The van der Waals surface area contributed by atoms with Gasteiger partial charge in [0.05, 0.1) is 11.1 Å². The van der Waals surface area contributed by atoms with E-state index in [0.29, 0.717) is 24.3 Å². The first-order valence-electron chi connectivity index (χ1n) is 10.5. The van der Waals surface area contributed by atoms with Crippen molar-refractivity contribution in [1.82, 2.24) is 20.1 Å². The molecule has 1 aliphatic rings. The van der Waals surface area contributed by atoms with Gasteiger partial charge in [-0.05, 0) is 25.1 Å². The molecule has 0 aliphatic carbocycles. The molecule has 154 valence electrons. The number of aryl methyl sites for hydroxylation is 1. The first-order valence-corrected chi connectivity index (χ1v) is 10.5. The monoisotopic (exact) mass is 409 g/mol. The van der Waals surface area contributed by atoms with Crippen LogP contribution in [0.4, 0.5) is 5.82 Å². The molecule has 0 N–H and O–H groups in total. The molecule has 2 aromatic heterocycles. The Bertz CT molecular complexity index is 1220. The molecule has 1 fully saturated rings. The summed E-state index contributed by atoms with van der Waals surface area (Å²) in [6.45, 7) is 4.82. The van der Waals surface area contributed by atoms with Crippen LogP contribution in [0.1, 0.15) is 15.9 Å². The normalized spacial score (nSPS) is 14.1. The molecule has 0 radical (unpaired) electrons. The smallest absolute Gasteiger partial charge is 0.256 e. The van der Waals surface area contributed by atoms with E-state index in [-0.39, 0.29) is 5.91 Å². The van der Waals surface area contributed by atoms with Crippen molar-refractivity contribution < 1.29 is 4.79 Å². The van der Waals surface area contributed by atoms with Crippen LogP contribution in [0.2, 0.25) is 0 Å². The van der Waals surface area contributed by atoms with Gasteiger partial charge in [-0.1, -0.05) is 54.1 Å². The summed E-state index contributed by atoms with van der Waals surface area (Å²) >= 11 is 0. The lowest BCUT2D eigenvalue weighted by Crippen LogP contribution is -2.49. The van der Waals surface area contributed by atoms with E-state index in [1.165, 1.54) is 0 Å². The highest BCUT2D eigenvalue weighted by Crippen LogP contribution is 2.29. The van der Waals surface area contributed by atoms with Crippen molar-refractivity contribution in [1.29, 1.82) is 0 Å². The second-order valence-electron chi connectivity index (χ2n) is 7.77. The zero-order chi connectivity index (χ0) is 21.2. The summed E-state index contributed by atoms with van der Waals surface area (Å²) in [7, 11) is 0. The second kappa shape index (κ2) is 8.14. The minimum atomic E-state index is 0.00217. The lowest BCUT2D eigenvalue weighted by molar-refractivity contribution is 0.0749. The van der Waals surface area contributed by atoms with Gasteiger partial charge < -0.3 is 9.80 Å². The van der Waals surface area contributed by atoms with Crippen LogP contribution >= 0.6 is 0 Å². The van der Waals surface area contributed by atoms with Gasteiger partial charge in [0.25, 0.3) is 5.91 Å². The van der Waals surface area contributed by atoms with Gasteiger partial charge in [-0.15, -0.1) is 10.2 Å². The number of pyridine rings is 1. The molecule has 1 aliphatic heterocycles. The molecule has 0 bridgehead atoms. The van der Waals surface area contributed by atoms with Crippen LogP contribution in [0.3, 0.4) is 0 Å². The molecule has 5 rings (SSSR count). The topological polar surface area (TPSA) is 62.2 Å². The number of amides is 1. The summed E-state index contributed by atoms with van der Waals surface area (Å²) in [6, 6.07) is 21.7. The number of hydrogen-bond donors (Lipinski definition) is 0. The molecule has 31 heavy (non-hydrogen) atoms. The third-order valence-corrected chi connectivity index (χ3v) is 5.75. The Labute approximate surface area is 181 Å². The number of hydrogen-bond acceptors (Lipinski definition) is 5. The van der Waals surface area contributed by atoms with Crippen LogP contribution in [-0.2, 0) is 0 Å². The van der Waals surface area contributed by atoms with Crippen LogP contribution in [0.5, 0.6) is 0 Å². The van der Waals surface area contributed by atoms with Crippen molar-refractivity contribution in [2.45, 2.75) is 6.92 Å². The molecular formula is C25H23N5O. The maximum absolute atomic E-state index is 13.7. The minimum absolute atomic E-state index is 0.00217. The van der Waals surface area contributed by atoms with E-state index < -0.39 is 0 Å². The molecule has 0 unspecified atom stereocenters. The van der Waals surface area contributed by atoms with E-state index >= 15 is 0 Å². The van der Waals surface area contributed by atoms with E-state index in [2.05, 4.69) is 20.1 Å². The van der Waals surface area contributed by atoms with Crippen molar-refractivity contribution in [2.24, 2.45) is 0 Å². The summed E-state index contributed by atoms with van der Waals surface area (Å²) in [6.07, 6.45) is 1.80. The average molecular weight is 409 g/mol. The number of nitrogens with zero attached hydrogens (tertiary/aromatic N) is 5. The molecule has 4 aromatic rings. The van der Waals surface area contributed by atoms with Crippen LogP contribution in [0, 0.1) is 6.92 Å². The predicted octanol–water partition coefficient (Wildman–Crippen LogP) is 3.96. The number of aromatic nitrogens is 3. The van der Waals surface area contributed by atoms with E-state index in [1.807, 2.05) is 78.6 Å². The Morgan fingerprint density at radius 1 is 0.839 bits per heavy atom. The Morgan fingerprint density at radius 2 is 1.58 bits per heavy atom. The highest BCUT2D eigenvalue weighted by Gasteiger charge is 2.27. The highest BCUT2D eigenvalue weighted by atomic mass is 16.2. The molecule has 0 saturated carbocycles. The van der Waals surface area contributed by atoms with E-state index in [0.717, 1.165) is 40.9 Å². The predicted molar refractivity (Wildman–Crippen MR) is 122 cm³/mol. The Hall–Kier alpha value is -3.80. The van der Waals surface area contributed by atoms with Gasteiger partial charge in [0.2, 0.25) is 0 Å². The van der Waals surface area contributed by atoms with E-state index in [4.69, 9.17) is 0 Å². The Morgan fingerprint density at radius 3 is 2.32 bits per heavy atom. The van der Waals surface area contributed by atoms with Crippen molar-refractivity contribution in [3.8, 4) is 11.3 Å². The summed E-state index contributed by atoms with van der Waals surface area (Å²) in [5, 5.41) is 9.69. The molecule has 3 heterocycles. The van der Waals surface area contributed by atoms with Gasteiger partial charge in [-0.3, -0.25) is 4.79 Å². The molecule has 2 aromatic carbocycles. The number of rotatable bonds is 3. The third-order valence-electron chi connectivity index (χ3n) is 5.75. The van der Waals surface area contributed by atoms with Crippen LogP contribution in [-0.4, -0.2) is 52.2 Å². The zero-order valence-electron chi connectivity index (χ0n) is 17.4. The van der Waals surface area contributed by atoms with Gasteiger partial charge in [0.1, 0.15) is 11.5 Å². The number of benzene rings is 2. The van der Waals surface area contributed by atoms with Crippen molar-refractivity contribution in [3.05, 3.63) is 84.1 Å². The summed E-state index contributed by atoms with van der Waals surface area (Å²) in [5.41, 5.74) is 4.06. The number of piperazine rings is 1. The molecule has 1 saturated heterocycles. The number of carbonyl (C=O) groups is 1. The van der Waals surface area contributed by atoms with E-state index in [9.17, 15) is 4.79 Å². The SMILES string of the molecule is Cc1ccc(-c2nnc3ccccc3c2C(=O)N2CCN(c3ccccn3)CC2)cc1. The fourth-order valence-corrected chi connectivity index (χ4v) is 4.02. The van der Waals surface area contributed by atoms with Gasteiger partial charge in [-0.2, -0.15) is 0 Å². The van der Waals surface area contributed by atoms with E-state index in [1.54, 1.807) is 6.20 Å². The van der Waals surface area contributed by atoms with Crippen LogP contribution < -0.4 is 4.90 Å². The minimum Gasteiger partial charge on any atom is -0.353 e. The summed E-state index contributed by atoms with van der Waals surface area (Å²) in [5.74, 6) is 0.952. The lowest BCUT2D eigenvalue weighted by atomic mass is 10.00. The van der Waals surface area contributed by atoms with Crippen LogP contribution in [0.25, 0.3) is 22.2 Å². The van der Waals surface area contributed by atoms with Crippen molar-refractivity contribution >= 4 is 22.6 Å².